The van der Waals surface area contributed by atoms with E-state index in [1.54, 1.807) is 7.11 Å². The molecule has 1 fully saturated rings. The van der Waals surface area contributed by atoms with Crippen molar-refractivity contribution in [3.63, 3.8) is 0 Å². The van der Waals surface area contributed by atoms with Crippen molar-refractivity contribution in [1.82, 2.24) is 14.7 Å². The zero-order chi connectivity index (χ0) is 16.5. The molecule has 0 unspecified atom stereocenters. The summed E-state index contributed by atoms with van der Waals surface area (Å²) in [6.45, 7) is 4.38. The van der Waals surface area contributed by atoms with Gasteiger partial charge in [-0.25, -0.2) is 4.39 Å². The van der Waals surface area contributed by atoms with Gasteiger partial charge in [0.1, 0.15) is 5.82 Å². The molecule has 0 amide bonds. The normalized spacial score (nSPS) is 21.0. The summed E-state index contributed by atoms with van der Waals surface area (Å²) in [6.07, 6.45) is 4.90. The molecule has 1 saturated carbocycles. The molecule has 4 nitrogen and oxygen atoms in total. The van der Waals surface area contributed by atoms with Crippen molar-refractivity contribution < 1.29 is 9.13 Å². The molecule has 5 heteroatoms. The number of halogens is 1. The Labute approximate surface area is 142 Å². The number of rotatable bonds is 6. The van der Waals surface area contributed by atoms with Crippen LogP contribution in [0.3, 0.4) is 0 Å². The van der Waals surface area contributed by atoms with E-state index < -0.39 is 0 Å². The smallest absolute Gasteiger partial charge is 0.123 e. The number of hydrogen-bond acceptors (Lipinski definition) is 3. The molecule has 1 aromatic heterocycles. The zero-order valence-corrected chi connectivity index (χ0v) is 14.1. The minimum absolute atomic E-state index is 0.184. The van der Waals surface area contributed by atoms with Gasteiger partial charge in [-0.2, -0.15) is 5.10 Å². The largest absolute Gasteiger partial charge is 0.384 e. The van der Waals surface area contributed by atoms with E-state index in [0.29, 0.717) is 12.5 Å². The van der Waals surface area contributed by atoms with E-state index in [-0.39, 0.29) is 5.82 Å². The summed E-state index contributed by atoms with van der Waals surface area (Å²) in [6, 6.07) is 6.78. The number of nitrogens with zero attached hydrogens (tertiary/aromatic N) is 3. The molecule has 2 heterocycles. The van der Waals surface area contributed by atoms with Crippen LogP contribution in [0.25, 0.3) is 0 Å². The van der Waals surface area contributed by atoms with Crippen molar-refractivity contribution in [2.45, 2.75) is 38.4 Å². The number of methoxy groups -OCH3 is 1. The van der Waals surface area contributed by atoms with Crippen LogP contribution in [0, 0.1) is 11.7 Å². The molecule has 128 valence electrons. The Morgan fingerprint density at radius 2 is 2.04 bits per heavy atom. The van der Waals surface area contributed by atoms with Gasteiger partial charge in [-0.3, -0.25) is 9.58 Å². The first-order valence-corrected chi connectivity index (χ1v) is 8.73. The van der Waals surface area contributed by atoms with E-state index in [4.69, 9.17) is 9.84 Å². The summed E-state index contributed by atoms with van der Waals surface area (Å²) in [5.41, 5.74) is 3.65. The maximum absolute atomic E-state index is 13.1. The van der Waals surface area contributed by atoms with Gasteiger partial charge in [0.05, 0.1) is 12.3 Å². The lowest BCUT2D eigenvalue weighted by atomic mass is 9.95. The van der Waals surface area contributed by atoms with Crippen LogP contribution in [0.1, 0.15) is 35.6 Å². The molecule has 2 aromatic rings. The number of benzene rings is 1. The maximum Gasteiger partial charge on any atom is 0.123 e. The SMILES string of the molecule is COC[C@H]1CN(Cc2ccc(F)cc2)Cc2nn(CC3CC3)cc21. The first-order valence-electron chi connectivity index (χ1n) is 8.73. The van der Waals surface area contributed by atoms with E-state index in [0.717, 1.165) is 37.7 Å². The molecule has 0 radical (unpaired) electrons. The molecular weight excluding hydrogens is 305 g/mol. The first-order chi connectivity index (χ1) is 11.7. The molecule has 0 N–H and O–H groups in total. The van der Waals surface area contributed by atoms with Crippen LogP contribution in [-0.2, 0) is 24.4 Å². The van der Waals surface area contributed by atoms with Crippen molar-refractivity contribution in [2.75, 3.05) is 20.3 Å². The van der Waals surface area contributed by atoms with E-state index in [1.165, 1.54) is 36.2 Å². The Hall–Kier alpha value is -1.72. The first kappa shape index (κ1) is 15.8. The highest BCUT2D eigenvalue weighted by atomic mass is 19.1. The molecular formula is C19H24FN3O. The number of aromatic nitrogens is 2. The van der Waals surface area contributed by atoms with Gasteiger partial charge < -0.3 is 4.74 Å². The van der Waals surface area contributed by atoms with Crippen LogP contribution in [-0.4, -0.2) is 34.9 Å². The fraction of sp³-hybridized carbons (Fsp3) is 0.526. The second-order valence-corrected chi connectivity index (χ2v) is 7.14. The standard InChI is InChI=1S/C19H24FN3O/c1-24-13-16-10-22(8-14-4-6-17(20)7-5-14)12-19-18(16)11-23(21-19)9-15-2-3-15/h4-7,11,15-16H,2-3,8-10,12-13H2,1H3/t16-/m1/s1. The summed E-state index contributed by atoms with van der Waals surface area (Å²) < 4.78 is 20.7. The second-order valence-electron chi connectivity index (χ2n) is 7.14. The third kappa shape index (κ3) is 3.52. The van der Waals surface area contributed by atoms with E-state index in [1.807, 2.05) is 12.1 Å². The fourth-order valence-corrected chi connectivity index (χ4v) is 3.60. The van der Waals surface area contributed by atoms with E-state index in [9.17, 15) is 4.39 Å². The predicted molar refractivity (Wildman–Crippen MR) is 90.1 cm³/mol. The monoisotopic (exact) mass is 329 g/mol. The molecule has 0 bridgehead atoms. The lowest BCUT2D eigenvalue weighted by molar-refractivity contribution is 0.135. The Balaban J connectivity index is 1.51. The molecule has 0 spiro atoms. The van der Waals surface area contributed by atoms with Crippen LogP contribution in [0.15, 0.2) is 30.5 Å². The topological polar surface area (TPSA) is 30.3 Å². The van der Waals surface area contributed by atoms with Gasteiger partial charge in [-0.05, 0) is 36.5 Å². The molecule has 1 aliphatic carbocycles. The van der Waals surface area contributed by atoms with Crippen molar-refractivity contribution in [1.29, 1.82) is 0 Å². The number of fused-ring (bicyclic) bond motifs is 1. The third-order valence-electron chi connectivity index (χ3n) is 4.99. The zero-order valence-electron chi connectivity index (χ0n) is 14.1. The highest BCUT2D eigenvalue weighted by Crippen LogP contribution is 2.33. The fourth-order valence-electron chi connectivity index (χ4n) is 3.60. The Morgan fingerprint density at radius 1 is 1.25 bits per heavy atom. The van der Waals surface area contributed by atoms with Crippen molar-refractivity contribution in [2.24, 2.45) is 5.92 Å². The Kier molecular flexibility index (Phi) is 4.37. The van der Waals surface area contributed by atoms with Gasteiger partial charge in [-0.15, -0.1) is 0 Å². The van der Waals surface area contributed by atoms with Crippen LogP contribution in [0.2, 0.25) is 0 Å². The van der Waals surface area contributed by atoms with Crippen LogP contribution < -0.4 is 0 Å². The quantitative estimate of drug-likeness (QED) is 0.815. The summed E-state index contributed by atoms with van der Waals surface area (Å²) in [4.78, 5) is 2.38. The van der Waals surface area contributed by atoms with Crippen molar-refractivity contribution >= 4 is 0 Å². The maximum atomic E-state index is 13.1. The second kappa shape index (κ2) is 6.65. The Bertz CT molecular complexity index is 693. The molecule has 4 rings (SSSR count). The predicted octanol–water partition coefficient (Wildman–Crippen LogP) is 3.18. The molecule has 24 heavy (non-hydrogen) atoms. The lowest BCUT2D eigenvalue weighted by Gasteiger charge is -2.31. The summed E-state index contributed by atoms with van der Waals surface area (Å²) >= 11 is 0. The van der Waals surface area contributed by atoms with Gasteiger partial charge in [0.15, 0.2) is 0 Å². The minimum atomic E-state index is -0.184. The van der Waals surface area contributed by atoms with Crippen molar-refractivity contribution in [3.05, 3.63) is 53.1 Å². The van der Waals surface area contributed by atoms with Crippen LogP contribution in [0.4, 0.5) is 4.39 Å². The summed E-state index contributed by atoms with van der Waals surface area (Å²) in [7, 11) is 1.76. The highest BCUT2D eigenvalue weighted by Gasteiger charge is 2.29. The Morgan fingerprint density at radius 3 is 2.75 bits per heavy atom. The van der Waals surface area contributed by atoms with E-state index in [2.05, 4.69) is 15.8 Å². The molecule has 2 aliphatic rings. The average molecular weight is 329 g/mol. The van der Waals surface area contributed by atoms with Gasteiger partial charge in [-0.1, -0.05) is 12.1 Å². The van der Waals surface area contributed by atoms with Gasteiger partial charge >= 0.3 is 0 Å². The molecule has 1 aromatic carbocycles. The molecule has 1 aliphatic heterocycles. The molecule has 1 atom stereocenters. The molecule has 0 saturated heterocycles. The summed E-state index contributed by atoms with van der Waals surface area (Å²) in [5.74, 6) is 0.991. The lowest BCUT2D eigenvalue weighted by Crippen LogP contribution is -2.34. The highest BCUT2D eigenvalue weighted by molar-refractivity contribution is 5.26. The van der Waals surface area contributed by atoms with Gasteiger partial charge in [0.25, 0.3) is 0 Å². The van der Waals surface area contributed by atoms with Crippen LogP contribution in [0.5, 0.6) is 0 Å². The van der Waals surface area contributed by atoms with Gasteiger partial charge in [0.2, 0.25) is 0 Å². The minimum Gasteiger partial charge on any atom is -0.384 e. The van der Waals surface area contributed by atoms with E-state index >= 15 is 0 Å². The van der Waals surface area contributed by atoms with Gasteiger partial charge in [0, 0.05) is 51.0 Å². The average Bonchev–Trinajstić information content (AvgIpc) is 3.27. The summed E-state index contributed by atoms with van der Waals surface area (Å²) in [5, 5.41) is 4.83. The third-order valence-corrected chi connectivity index (χ3v) is 4.99. The van der Waals surface area contributed by atoms with Crippen LogP contribution >= 0.6 is 0 Å². The number of hydrogen-bond donors (Lipinski definition) is 0. The number of ether oxygens (including phenoxy) is 1. The van der Waals surface area contributed by atoms with Crippen molar-refractivity contribution in [3.8, 4) is 0 Å².